The normalized spacial score (nSPS) is 30.9. The van der Waals surface area contributed by atoms with Crippen LogP contribution in [0.1, 0.15) is 12.8 Å². The van der Waals surface area contributed by atoms with Crippen molar-refractivity contribution in [2.75, 3.05) is 31.6 Å². The first-order valence-electron chi connectivity index (χ1n) is 5.90. The van der Waals surface area contributed by atoms with Gasteiger partial charge in [-0.05, 0) is 6.42 Å². The molecule has 17 heavy (non-hydrogen) atoms. The Labute approximate surface area is 105 Å². The third-order valence-electron chi connectivity index (χ3n) is 3.48. The fourth-order valence-electron chi connectivity index (χ4n) is 2.57. The molecule has 0 spiro atoms. The number of aliphatic carboxylic acids is 1. The number of thioether (sulfide) groups is 1. The molecule has 2 aliphatic heterocycles. The van der Waals surface area contributed by atoms with E-state index in [2.05, 4.69) is 4.90 Å². The van der Waals surface area contributed by atoms with Crippen LogP contribution in [-0.4, -0.2) is 70.5 Å². The SMILES string of the molecule is CN1CCC(N2CCSCC2CC(=O)O)C1=O. The highest BCUT2D eigenvalue weighted by Crippen LogP contribution is 2.26. The Balaban J connectivity index is 2.05. The van der Waals surface area contributed by atoms with Gasteiger partial charge in [0.1, 0.15) is 0 Å². The molecular formula is C11H18N2O3S. The van der Waals surface area contributed by atoms with Crippen LogP contribution in [0.25, 0.3) is 0 Å². The third kappa shape index (κ3) is 2.74. The van der Waals surface area contributed by atoms with Crippen molar-refractivity contribution in [1.82, 2.24) is 9.80 Å². The summed E-state index contributed by atoms with van der Waals surface area (Å²) in [6.07, 6.45) is 0.969. The molecule has 0 aliphatic carbocycles. The molecule has 2 unspecified atom stereocenters. The highest BCUT2D eigenvalue weighted by Gasteiger charge is 2.38. The van der Waals surface area contributed by atoms with E-state index in [4.69, 9.17) is 5.11 Å². The lowest BCUT2D eigenvalue weighted by Crippen LogP contribution is -2.51. The Morgan fingerprint density at radius 2 is 2.29 bits per heavy atom. The molecule has 0 aromatic rings. The van der Waals surface area contributed by atoms with Crippen molar-refractivity contribution in [3.8, 4) is 0 Å². The molecule has 2 fully saturated rings. The first-order valence-corrected chi connectivity index (χ1v) is 7.05. The molecule has 0 aromatic heterocycles. The molecule has 2 rings (SSSR count). The zero-order valence-electron chi connectivity index (χ0n) is 9.96. The van der Waals surface area contributed by atoms with Gasteiger partial charge < -0.3 is 10.0 Å². The van der Waals surface area contributed by atoms with Gasteiger partial charge in [0.25, 0.3) is 0 Å². The number of hydrogen-bond acceptors (Lipinski definition) is 4. The highest BCUT2D eigenvalue weighted by molar-refractivity contribution is 7.99. The van der Waals surface area contributed by atoms with Crippen molar-refractivity contribution < 1.29 is 14.7 Å². The summed E-state index contributed by atoms with van der Waals surface area (Å²) in [5.74, 6) is 1.18. The molecule has 0 saturated carbocycles. The van der Waals surface area contributed by atoms with Crippen molar-refractivity contribution in [1.29, 1.82) is 0 Å². The van der Waals surface area contributed by atoms with Gasteiger partial charge in [-0.2, -0.15) is 11.8 Å². The number of carbonyl (C=O) groups excluding carboxylic acids is 1. The number of rotatable bonds is 3. The van der Waals surface area contributed by atoms with Crippen molar-refractivity contribution in [3.05, 3.63) is 0 Å². The molecule has 6 heteroatoms. The predicted octanol–water partition coefficient (Wildman–Crippen LogP) is 0.109. The molecule has 1 amide bonds. The zero-order chi connectivity index (χ0) is 12.4. The lowest BCUT2D eigenvalue weighted by molar-refractivity contribution is -0.140. The number of carboxylic acid groups (broad SMARTS) is 1. The van der Waals surface area contributed by atoms with Crippen LogP contribution < -0.4 is 0 Å². The van der Waals surface area contributed by atoms with Crippen LogP contribution in [0.2, 0.25) is 0 Å². The summed E-state index contributed by atoms with van der Waals surface area (Å²) in [6.45, 7) is 1.61. The van der Waals surface area contributed by atoms with Gasteiger partial charge in [0.05, 0.1) is 12.5 Å². The van der Waals surface area contributed by atoms with Gasteiger partial charge in [-0.3, -0.25) is 14.5 Å². The van der Waals surface area contributed by atoms with Crippen LogP contribution in [-0.2, 0) is 9.59 Å². The van der Waals surface area contributed by atoms with Crippen LogP contribution in [0, 0.1) is 0 Å². The summed E-state index contributed by atoms with van der Waals surface area (Å²) in [5.41, 5.74) is 0. The maximum Gasteiger partial charge on any atom is 0.304 e. The van der Waals surface area contributed by atoms with E-state index < -0.39 is 5.97 Å². The summed E-state index contributed by atoms with van der Waals surface area (Å²) < 4.78 is 0. The van der Waals surface area contributed by atoms with Crippen molar-refractivity contribution in [2.45, 2.75) is 24.9 Å². The van der Waals surface area contributed by atoms with Crippen molar-refractivity contribution in [2.24, 2.45) is 0 Å². The minimum Gasteiger partial charge on any atom is -0.481 e. The number of nitrogens with zero attached hydrogens (tertiary/aromatic N) is 2. The Hall–Kier alpha value is -0.750. The molecule has 2 atom stereocenters. The van der Waals surface area contributed by atoms with E-state index in [-0.39, 0.29) is 24.4 Å². The second kappa shape index (κ2) is 5.27. The monoisotopic (exact) mass is 258 g/mol. The molecule has 0 bridgehead atoms. The average molecular weight is 258 g/mol. The molecule has 2 saturated heterocycles. The number of likely N-dealkylation sites (tertiary alicyclic amines) is 1. The predicted molar refractivity (Wildman–Crippen MR) is 66.1 cm³/mol. The second-order valence-corrected chi connectivity index (χ2v) is 5.78. The molecule has 0 radical (unpaired) electrons. The van der Waals surface area contributed by atoms with E-state index in [0.717, 1.165) is 31.0 Å². The Bertz CT molecular complexity index is 324. The quantitative estimate of drug-likeness (QED) is 0.778. The maximum absolute atomic E-state index is 12.0. The van der Waals surface area contributed by atoms with Crippen LogP contribution >= 0.6 is 11.8 Å². The summed E-state index contributed by atoms with van der Waals surface area (Å²) >= 11 is 1.78. The topological polar surface area (TPSA) is 60.9 Å². The van der Waals surface area contributed by atoms with Crippen molar-refractivity contribution in [3.63, 3.8) is 0 Å². The van der Waals surface area contributed by atoms with Gasteiger partial charge in [0.2, 0.25) is 5.91 Å². The minimum atomic E-state index is -0.777. The van der Waals surface area contributed by atoms with E-state index in [9.17, 15) is 9.59 Å². The maximum atomic E-state index is 12.0. The van der Waals surface area contributed by atoms with E-state index in [1.807, 2.05) is 7.05 Å². The Morgan fingerprint density at radius 1 is 1.53 bits per heavy atom. The molecule has 1 N–H and O–H groups in total. The van der Waals surface area contributed by atoms with Gasteiger partial charge >= 0.3 is 5.97 Å². The molecule has 96 valence electrons. The van der Waals surface area contributed by atoms with Crippen LogP contribution in [0.4, 0.5) is 0 Å². The van der Waals surface area contributed by atoms with Crippen LogP contribution in [0.15, 0.2) is 0 Å². The number of likely N-dealkylation sites (N-methyl/N-ethyl adjacent to an activating group) is 1. The molecular weight excluding hydrogens is 240 g/mol. The smallest absolute Gasteiger partial charge is 0.304 e. The number of carbonyl (C=O) groups is 2. The molecule has 5 nitrogen and oxygen atoms in total. The highest BCUT2D eigenvalue weighted by atomic mass is 32.2. The summed E-state index contributed by atoms with van der Waals surface area (Å²) in [6, 6.07) is -0.0862. The van der Waals surface area contributed by atoms with Crippen molar-refractivity contribution >= 4 is 23.6 Å². The Kier molecular flexibility index (Phi) is 3.93. The third-order valence-corrected chi connectivity index (χ3v) is 4.57. The first-order chi connectivity index (χ1) is 8.09. The van der Waals surface area contributed by atoms with E-state index in [1.165, 1.54) is 0 Å². The van der Waals surface area contributed by atoms with Gasteiger partial charge in [0.15, 0.2) is 0 Å². The average Bonchev–Trinajstić information content (AvgIpc) is 2.60. The van der Waals surface area contributed by atoms with Gasteiger partial charge in [0, 0.05) is 37.7 Å². The summed E-state index contributed by atoms with van der Waals surface area (Å²) in [5, 5.41) is 8.91. The second-order valence-electron chi connectivity index (χ2n) is 4.63. The summed E-state index contributed by atoms with van der Waals surface area (Å²) in [4.78, 5) is 26.7. The first kappa shape index (κ1) is 12.7. The number of amides is 1. The van der Waals surface area contributed by atoms with E-state index in [0.29, 0.717) is 0 Å². The van der Waals surface area contributed by atoms with Crippen LogP contribution in [0.5, 0.6) is 0 Å². The van der Waals surface area contributed by atoms with Gasteiger partial charge in [-0.15, -0.1) is 0 Å². The number of carboxylic acids is 1. The fraction of sp³-hybridized carbons (Fsp3) is 0.818. The van der Waals surface area contributed by atoms with Gasteiger partial charge in [-0.25, -0.2) is 0 Å². The van der Waals surface area contributed by atoms with E-state index in [1.54, 1.807) is 16.7 Å². The Morgan fingerprint density at radius 3 is 2.88 bits per heavy atom. The standard InChI is InChI=1S/C11H18N2O3S/c1-12-3-2-9(11(12)16)13-4-5-17-7-8(13)6-10(14)15/h8-9H,2-7H2,1H3,(H,14,15). The fourth-order valence-corrected chi connectivity index (χ4v) is 3.66. The lowest BCUT2D eigenvalue weighted by atomic mass is 10.1. The van der Waals surface area contributed by atoms with E-state index >= 15 is 0 Å². The van der Waals surface area contributed by atoms with Gasteiger partial charge in [-0.1, -0.05) is 0 Å². The zero-order valence-corrected chi connectivity index (χ0v) is 10.8. The molecule has 2 aliphatic rings. The lowest BCUT2D eigenvalue weighted by Gasteiger charge is -2.37. The number of hydrogen-bond donors (Lipinski definition) is 1. The molecule has 2 heterocycles. The minimum absolute atomic E-state index is 0.00620. The summed E-state index contributed by atoms with van der Waals surface area (Å²) in [7, 11) is 1.81. The largest absolute Gasteiger partial charge is 0.481 e. The van der Waals surface area contributed by atoms with Crippen LogP contribution in [0.3, 0.4) is 0 Å². The molecule has 0 aromatic carbocycles.